The number of nitrogens with zero attached hydrogens (tertiary/aromatic N) is 2. The lowest BCUT2D eigenvalue weighted by molar-refractivity contribution is 0.0968. The summed E-state index contributed by atoms with van der Waals surface area (Å²) >= 11 is 6.29. The standard InChI is InChI=1S/C30H34ClN3O3/c1-37-27-16-20(15-25(31)30(27)36)19-6-11-26-23(14-19)28(24(17-32-26)29(35)18-4-5-18)33-21-7-9-22(10-8-21)34-12-2-3-13-34/h6,11,14-18,21-22,36H,2-5,7-10,12-13H2,1H3,(H,32,33)/t21-,22-. The number of methoxy groups -OCH3 is 1. The van der Waals surface area contributed by atoms with E-state index in [1.165, 1.54) is 45.9 Å². The molecule has 37 heavy (non-hydrogen) atoms. The average Bonchev–Trinajstić information content (AvgIpc) is 3.63. The highest BCUT2D eigenvalue weighted by molar-refractivity contribution is 6.32. The molecular weight excluding hydrogens is 486 g/mol. The lowest BCUT2D eigenvalue weighted by atomic mass is 9.89. The molecule has 2 heterocycles. The number of hydrogen-bond donors (Lipinski definition) is 2. The van der Waals surface area contributed by atoms with E-state index in [1.807, 2.05) is 12.1 Å². The largest absolute Gasteiger partial charge is 0.503 e. The molecule has 1 aromatic heterocycles. The molecule has 1 aliphatic heterocycles. The van der Waals surface area contributed by atoms with Crippen molar-refractivity contribution in [1.82, 2.24) is 9.88 Å². The Morgan fingerprint density at radius 2 is 1.81 bits per heavy atom. The Morgan fingerprint density at radius 3 is 2.51 bits per heavy atom. The molecule has 2 saturated carbocycles. The van der Waals surface area contributed by atoms with Crippen LogP contribution in [0.3, 0.4) is 0 Å². The Morgan fingerprint density at radius 1 is 1.05 bits per heavy atom. The molecule has 3 aromatic rings. The van der Waals surface area contributed by atoms with Crippen LogP contribution >= 0.6 is 11.6 Å². The second kappa shape index (κ2) is 10.1. The second-order valence-corrected chi connectivity index (χ2v) is 11.2. The number of carbonyl (C=O) groups is 1. The zero-order valence-corrected chi connectivity index (χ0v) is 22.1. The molecule has 0 radical (unpaired) electrons. The third-order valence-corrected chi connectivity index (χ3v) is 8.65. The Hall–Kier alpha value is -2.83. The van der Waals surface area contributed by atoms with Gasteiger partial charge in [0.2, 0.25) is 0 Å². The van der Waals surface area contributed by atoms with E-state index < -0.39 is 0 Å². The fourth-order valence-electron chi connectivity index (χ4n) is 6.07. The molecule has 0 unspecified atom stereocenters. The van der Waals surface area contributed by atoms with Crippen molar-refractivity contribution >= 4 is 34.0 Å². The minimum atomic E-state index is -0.0698. The van der Waals surface area contributed by atoms with Gasteiger partial charge in [-0.1, -0.05) is 17.7 Å². The molecule has 2 aromatic carbocycles. The molecular formula is C30H34ClN3O3. The van der Waals surface area contributed by atoms with Crippen molar-refractivity contribution < 1.29 is 14.6 Å². The maximum atomic E-state index is 13.3. The molecule has 0 bridgehead atoms. The third kappa shape index (κ3) is 4.89. The fraction of sp³-hybridized carbons (Fsp3) is 0.467. The van der Waals surface area contributed by atoms with Gasteiger partial charge in [0.25, 0.3) is 0 Å². The molecule has 6 rings (SSSR count). The number of phenols is 1. The van der Waals surface area contributed by atoms with Crippen molar-refractivity contribution in [2.24, 2.45) is 5.92 Å². The van der Waals surface area contributed by atoms with Crippen LogP contribution in [0, 0.1) is 5.92 Å². The smallest absolute Gasteiger partial charge is 0.176 e. The molecule has 3 fully saturated rings. The van der Waals surface area contributed by atoms with Crippen molar-refractivity contribution in [1.29, 1.82) is 0 Å². The number of pyridine rings is 1. The Bertz CT molecular complexity index is 1330. The first-order valence-corrected chi connectivity index (χ1v) is 13.9. The van der Waals surface area contributed by atoms with E-state index in [0.717, 1.165) is 53.4 Å². The highest BCUT2D eigenvalue weighted by Crippen LogP contribution is 2.41. The van der Waals surface area contributed by atoms with Gasteiger partial charge in [0, 0.05) is 29.6 Å². The lowest BCUT2D eigenvalue weighted by Crippen LogP contribution is -2.39. The summed E-state index contributed by atoms with van der Waals surface area (Å²) in [5.74, 6) is 0.572. The minimum absolute atomic E-state index is 0.0698. The van der Waals surface area contributed by atoms with Crippen LogP contribution in [0.4, 0.5) is 5.69 Å². The van der Waals surface area contributed by atoms with E-state index in [2.05, 4.69) is 21.3 Å². The monoisotopic (exact) mass is 519 g/mol. The Balaban J connectivity index is 1.35. The molecule has 1 saturated heterocycles. The summed E-state index contributed by atoms with van der Waals surface area (Å²) in [5, 5.41) is 15.2. The van der Waals surface area contributed by atoms with Crippen molar-refractivity contribution in [3.05, 3.63) is 47.1 Å². The number of likely N-dealkylation sites (tertiary alicyclic amines) is 1. The molecule has 194 valence electrons. The van der Waals surface area contributed by atoms with E-state index in [4.69, 9.17) is 16.3 Å². The van der Waals surface area contributed by atoms with Gasteiger partial charge < -0.3 is 20.1 Å². The third-order valence-electron chi connectivity index (χ3n) is 8.37. The number of fused-ring (bicyclic) bond motifs is 1. The number of carbonyl (C=O) groups excluding carboxylic acids is 1. The maximum absolute atomic E-state index is 13.3. The van der Waals surface area contributed by atoms with Crippen LogP contribution in [-0.4, -0.2) is 53.1 Å². The van der Waals surface area contributed by atoms with Gasteiger partial charge in [0.05, 0.1) is 28.9 Å². The van der Waals surface area contributed by atoms with Gasteiger partial charge in [-0.3, -0.25) is 9.78 Å². The second-order valence-electron chi connectivity index (χ2n) is 10.8. The zero-order chi connectivity index (χ0) is 25.5. The lowest BCUT2D eigenvalue weighted by Gasteiger charge is -2.35. The van der Waals surface area contributed by atoms with Gasteiger partial charge in [0.15, 0.2) is 17.3 Å². The maximum Gasteiger partial charge on any atom is 0.176 e. The summed E-state index contributed by atoms with van der Waals surface area (Å²) in [6, 6.07) is 10.6. The highest BCUT2D eigenvalue weighted by Gasteiger charge is 2.34. The van der Waals surface area contributed by atoms with E-state index >= 15 is 0 Å². The zero-order valence-electron chi connectivity index (χ0n) is 21.3. The van der Waals surface area contributed by atoms with Crippen LogP contribution < -0.4 is 10.1 Å². The number of benzene rings is 2. The molecule has 2 aliphatic carbocycles. The molecule has 3 aliphatic rings. The minimum Gasteiger partial charge on any atom is -0.503 e. The first-order chi connectivity index (χ1) is 18.0. The first-order valence-electron chi connectivity index (χ1n) is 13.6. The van der Waals surface area contributed by atoms with E-state index in [0.29, 0.717) is 23.4 Å². The highest BCUT2D eigenvalue weighted by atomic mass is 35.5. The van der Waals surface area contributed by atoms with Crippen molar-refractivity contribution in [2.75, 3.05) is 25.5 Å². The van der Waals surface area contributed by atoms with Gasteiger partial charge >= 0.3 is 0 Å². The summed E-state index contributed by atoms with van der Waals surface area (Å²) < 4.78 is 5.32. The number of anilines is 1. The number of ketones is 1. The summed E-state index contributed by atoms with van der Waals surface area (Å²) in [6.45, 7) is 2.49. The fourth-order valence-corrected chi connectivity index (χ4v) is 6.28. The summed E-state index contributed by atoms with van der Waals surface area (Å²) in [4.78, 5) is 20.7. The number of phenolic OH excluding ortho intramolecular Hbond substituents is 1. The number of aromatic nitrogens is 1. The van der Waals surface area contributed by atoms with Gasteiger partial charge in [-0.15, -0.1) is 0 Å². The van der Waals surface area contributed by atoms with Crippen molar-refractivity contribution in [3.63, 3.8) is 0 Å². The predicted molar refractivity (Wildman–Crippen MR) is 148 cm³/mol. The van der Waals surface area contributed by atoms with E-state index in [-0.39, 0.29) is 22.5 Å². The SMILES string of the molecule is COc1cc(-c2ccc3ncc(C(=O)C4CC4)c(N[C@H]4CC[C@H](N5CCCC5)CC4)c3c2)cc(Cl)c1O. The van der Waals surface area contributed by atoms with Crippen LogP contribution in [-0.2, 0) is 0 Å². The molecule has 0 spiro atoms. The summed E-state index contributed by atoms with van der Waals surface area (Å²) in [6.07, 6.45) is 10.9. The molecule has 7 heteroatoms. The Labute approximate surface area is 223 Å². The van der Waals surface area contributed by atoms with Gasteiger partial charge in [-0.2, -0.15) is 0 Å². The molecule has 6 nitrogen and oxygen atoms in total. The van der Waals surface area contributed by atoms with Crippen LogP contribution in [0.2, 0.25) is 5.02 Å². The summed E-state index contributed by atoms with van der Waals surface area (Å²) in [7, 11) is 1.51. The number of halogens is 1. The van der Waals surface area contributed by atoms with Crippen molar-refractivity contribution in [3.8, 4) is 22.6 Å². The first kappa shape index (κ1) is 24.5. The van der Waals surface area contributed by atoms with E-state index in [1.54, 1.807) is 18.3 Å². The number of Topliss-reactive ketones (excluding diaryl/α,β-unsaturated/α-hetero) is 1. The van der Waals surface area contributed by atoms with Crippen LogP contribution in [0.25, 0.3) is 22.0 Å². The predicted octanol–water partition coefficient (Wildman–Crippen LogP) is 6.68. The normalized spacial score (nSPS) is 22.3. The quantitative estimate of drug-likeness (QED) is 0.339. The number of rotatable bonds is 7. The molecule has 2 N–H and O–H groups in total. The number of hydrogen-bond acceptors (Lipinski definition) is 6. The number of ether oxygens (including phenoxy) is 1. The molecule has 0 atom stereocenters. The molecule has 0 amide bonds. The van der Waals surface area contributed by atoms with Crippen LogP contribution in [0.5, 0.6) is 11.5 Å². The van der Waals surface area contributed by atoms with Gasteiger partial charge in [-0.25, -0.2) is 0 Å². The van der Waals surface area contributed by atoms with Crippen molar-refractivity contribution in [2.45, 2.75) is 63.5 Å². The van der Waals surface area contributed by atoms with Crippen LogP contribution in [0.1, 0.15) is 61.7 Å². The van der Waals surface area contributed by atoms with E-state index in [9.17, 15) is 9.90 Å². The summed E-state index contributed by atoms with van der Waals surface area (Å²) in [5.41, 5.74) is 4.21. The average molecular weight is 520 g/mol. The number of aromatic hydroxyl groups is 1. The Kier molecular flexibility index (Phi) is 6.72. The topological polar surface area (TPSA) is 74.7 Å². The van der Waals surface area contributed by atoms with Crippen LogP contribution in [0.15, 0.2) is 36.5 Å². The van der Waals surface area contributed by atoms with Gasteiger partial charge in [-0.05, 0) is 99.8 Å². The van der Waals surface area contributed by atoms with Gasteiger partial charge in [0.1, 0.15) is 0 Å². The number of nitrogens with one attached hydrogen (secondary N) is 1.